The Hall–Kier alpha value is -0.570. The zero-order valence-corrected chi connectivity index (χ0v) is 18.5. The van der Waals surface area contributed by atoms with Gasteiger partial charge in [-0.3, -0.25) is 0 Å². The maximum absolute atomic E-state index is 10.7. The second-order valence-electron chi connectivity index (χ2n) is 7.91. The van der Waals surface area contributed by atoms with Crippen LogP contribution in [0.1, 0.15) is 103 Å². The molecule has 1 atom stereocenters. The van der Waals surface area contributed by atoms with Gasteiger partial charge in [-0.05, 0) is 43.6 Å². The number of aliphatic hydroxyl groups excluding tert-OH is 1. The molecule has 0 heterocycles. The van der Waals surface area contributed by atoms with Crippen molar-refractivity contribution in [2.45, 2.75) is 97.0 Å². The van der Waals surface area contributed by atoms with E-state index in [1.54, 1.807) is 0 Å². The summed E-state index contributed by atoms with van der Waals surface area (Å²) in [7, 11) is 0. The molecule has 0 bridgehead atoms. The Morgan fingerprint density at radius 3 is 1.85 bits per heavy atom. The van der Waals surface area contributed by atoms with Crippen molar-refractivity contribution in [1.29, 1.82) is 0 Å². The number of halogens is 1. The predicted molar refractivity (Wildman–Crippen MR) is 120 cm³/mol. The van der Waals surface area contributed by atoms with Gasteiger partial charge in [0.1, 0.15) is 0 Å². The SMILES string of the molecule is CCCCCCCCN(CCCCCCCC)CC(O)c1cccc(Cl)c1. The van der Waals surface area contributed by atoms with E-state index in [1.165, 1.54) is 77.0 Å². The molecule has 0 aliphatic rings. The number of nitrogens with zero attached hydrogens (tertiary/aromatic N) is 1. The molecular weight excluding hydrogens is 354 g/mol. The van der Waals surface area contributed by atoms with Crippen molar-refractivity contribution in [3.05, 3.63) is 34.9 Å². The Labute approximate surface area is 173 Å². The summed E-state index contributed by atoms with van der Waals surface area (Å²) in [6.45, 7) is 7.43. The lowest BCUT2D eigenvalue weighted by atomic mass is 10.1. The smallest absolute Gasteiger partial charge is 0.0917 e. The van der Waals surface area contributed by atoms with Gasteiger partial charge < -0.3 is 10.0 Å². The Morgan fingerprint density at radius 2 is 1.33 bits per heavy atom. The van der Waals surface area contributed by atoms with Crippen LogP contribution in [0.3, 0.4) is 0 Å². The predicted octanol–water partition coefficient (Wildman–Crippen LogP) is 7.40. The van der Waals surface area contributed by atoms with Crippen molar-refractivity contribution < 1.29 is 5.11 Å². The summed E-state index contributed by atoms with van der Waals surface area (Å²) in [6.07, 6.45) is 15.4. The Balaban J connectivity index is 2.40. The van der Waals surface area contributed by atoms with Gasteiger partial charge in [-0.2, -0.15) is 0 Å². The van der Waals surface area contributed by atoms with Crippen LogP contribution in [0.15, 0.2) is 24.3 Å². The fourth-order valence-electron chi connectivity index (χ4n) is 3.59. The molecule has 0 saturated carbocycles. The molecule has 0 aromatic heterocycles. The van der Waals surface area contributed by atoms with Crippen LogP contribution in [-0.2, 0) is 0 Å². The van der Waals surface area contributed by atoms with Crippen LogP contribution >= 0.6 is 11.6 Å². The fraction of sp³-hybridized carbons (Fsp3) is 0.750. The molecule has 1 unspecified atom stereocenters. The minimum Gasteiger partial charge on any atom is -0.387 e. The van der Waals surface area contributed by atoms with Crippen LogP contribution in [0.25, 0.3) is 0 Å². The molecule has 0 radical (unpaired) electrons. The van der Waals surface area contributed by atoms with Gasteiger partial charge in [0.25, 0.3) is 0 Å². The molecule has 0 saturated heterocycles. The summed E-state index contributed by atoms with van der Waals surface area (Å²) in [6, 6.07) is 7.65. The third-order valence-corrected chi connectivity index (χ3v) is 5.56. The van der Waals surface area contributed by atoms with Crippen molar-refractivity contribution in [3.8, 4) is 0 Å². The average Bonchev–Trinajstić information content (AvgIpc) is 2.66. The first-order valence-electron chi connectivity index (χ1n) is 11.3. The van der Waals surface area contributed by atoms with Crippen molar-refractivity contribution in [3.63, 3.8) is 0 Å². The molecular formula is C24H42ClNO. The van der Waals surface area contributed by atoms with E-state index in [4.69, 9.17) is 11.6 Å². The van der Waals surface area contributed by atoms with E-state index < -0.39 is 6.10 Å². The standard InChI is InChI=1S/C24H42ClNO/c1-3-5-7-9-11-13-18-26(19-14-12-10-8-6-4-2)21-24(27)22-16-15-17-23(25)20-22/h15-17,20,24,27H,3-14,18-19,21H2,1-2H3. The normalized spacial score (nSPS) is 12.6. The van der Waals surface area contributed by atoms with Crippen molar-refractivity contribution in [2.24, 2.45) is 0 Å². The molecule has 1 N–H and O–H groups in total. The van der Waals surface area contributed by atoms with E-state index in [0.29, 0.717) is 11.6 Å². The maximum atomic E-state index is 10.7. The average molecular weight is 396 g/mol. The van der Waals surface area contributed by atoms with Crippen molar-refractivity contribution >= 4 is 11.6 Å². The number of rotatable bonds is 17. The van der Waals surface area contributed by atoms with E-state index in [0.717, 1.165) is 18.7 Å². The molecule has 0 amide bonds. The molecule has 1 aromatic rings. The highest BCUT2D eigenvalue weighted by atomic mass is 35.5. The molecule has 156 valence electrons. The lowest BCUT2D eigenvalue weighted by Crippen LogP contribution is -2.31. The number of hydrogen-bond donors (Lipinski definition) is 1. The molecule has 0 aliphatic carbocycles. The van der Waals surface area contributed by atoms with E-state index >= 15 is 0 Å². The van der Waals surface area contributed by atoms with Gasteiger partial charge in [0.2, 0.25) is 0 Å². The maximum Gasteiger partial charge on any atom is 0.0917 e. The zero-order valence-electron chi connectivity index (χ0n) is 17.8. The van der Waals surface area contributed by atoms with Crippen LogP contribution in [0, 0.1) is 0 Å². The van der Waals surface area contributed by atoms with Gasteiger partial charge in [-0.1, -0.05) is 102 Å². The van der Waals surface area contributed by atoms with E-state index in [-0.39, 0.29) is 0 Å². The lowest BCUT2D eigenvalue weighted by Gasteiger charge is -2.25. The fourth-order valence-corrected chi connectivity index (χ4v) is 3.79. The quantitative estimate of drug-likeness (QED) is 0.278. The van der Waals surface area contributed by atoms with Crippen LogP contribution in [0.5, 0.6) is 0 Å². The van der Waals surface area contributed by atoms with E-state index in [9.17, 15) is 5.11 Å². The second-order valence-corrected chi connectivity index (χ2v) is 8.34. The number of hydrogen-bond acceptors (Lipinski definition) is 2. The largest absolute Gasteiger partial charge is 0.387 e. The summed E-state index contributed by atoms with van der Waals surface area (Å²) in [5, 5.41) is 11.4. The van der Waals surface area contributed by atoms with Gasteiger partial charge >= 0.3 is 0 Å². The van der Waals surface area contributed by atoms with Crippen molar-refractivity contribution in [2.75, 3.05) is 19.6 Å². The van der Waals surface area contributed by atoms with Crippen LogP contribution in [0.4, 0.5) is 0 Å². The molecule has 0 fully saturated rings. The monoisotopic (exact) mass is 395 g/mol. The molecule has 1 rings (SSSR count). The highest BCUT2D eigenvalue weighted by Gasteiger charge is 2.13. The lowest BCUT2D eigenvalue weighted by molar-refractivity contribution is 0.110. The van der Waals surface area contributed by atoms with Crippen molar-refractivity contribution in [1.82, 2.24) is 4.90 Å². The Morgan fingerprint density at radius 1 is 0.815 bits per heavy atom. The van der Waals surface area contributed by atoms with Crippen LogP contribution in [-0.4, -0.2) is 29.6 Å². The minimum absolute atomic E-state index is 0.455. The molecule has 27 heavy (non-hydrogen) atoms. The third-order valence-electron chi connectivity index (χ3n) is 5.32. The highest BCUT2D eigenvalue weighted by molar-refractivity contribution is 6.30. The summed E-state index contributed by atoms with van der Waals surface area (Å²) >= 11 is 6.09. The first kappa shape index (κ1) is 24.5. The summed E-state index contributed by atoms with van der Waals surface area (Å²) in [5.74, 6) is 0. The summed E-state index contributed by atoms with van der Waals surface area (Å²) < 4.78 is 0. The van der Waals surface area contributed by atoms with E-state index in [1.807, 2.05) is 24.3 Å². The number of aliphatic hydroxyl groups is 1. The first-order valence-corrected chi connectivity index (χ1v) is 11.7. The van der Waals surface area contributed by atoms with E-state index in [2.05, 4.69) is 18.7 Å². The number of unbranched alkanes of at least 4 members (excludes halogenated alkanes) is 10. The number of benzene rings is 1. The zero-order chi connectivity index (χ0) is 19.7. The Bertz CT molecular complexity index is 449. The van der Waals surface area contributed by atoms with Crippen LogP contribution in [0.2, 0.25) is 5.02 Å². The molecule has 3 heteroatoms. The molecule has 0 spiro atoms. The van der Waals surface area contributed by atoms with Gasteiger partial charge in [-0.25, -0.2) is 0 Å². The van der Waals surface area contributed by atoms with Gasteiger partial charge in [0.05, 0.1) is 6.10 Å². The second kappa shape index (κ2) is 16.4. The van der Waals surface area contributed by atoms with Gasteiger partial charge in [0, 0.05) is 11.6 Å². The third kappa shape index (κ3) is 12.5. The van der Waals surface area contributed by atoms with Crippen LogP contribution < -0.4 is 0 Å². The summed E-state index contributed by atoms with van der Waals surface area (Å²) in [4.78, 5) is 2.46. The highest BCUT2D eigenvalue weighted by Crippen LogP contribution is 2.19. The summed E-state index contributed by atoms with van der Waals surface area (Å²) in [5.41, 5.74) is 0.929. The molecule has 0 aliphatic heterocycles. The topological polar surface area (TPSA) is 23.5 Å². The van der Waals surface area contributed by atoms with Gasteiger partial charge in [-0.15, -0.1) is 0 Å². The van der Waals surface area contributed by atoms with Gasteiger partial charge in [0.15, 0.2) is 0 Å². The molecule has 1 aromatic carbocycles. The molecule has 2 nitrogen and oxygen atoms in total. The minimum atomic E-state index is -0.455. The Kier molecular flexibility index (Phi) is 14.9. The first-order chi connectivity index (χ1) is 13.2.